The molecule has 0 aliphatic heterocycles. The zero-order valence-electron chi connectivity index (χ0n) is 15.4. The highest BCUT2D eigenvalue weighted by molar-refractivity contribution is 7.84. The van der Waals surface area contributed by atoms with Crippen LogP contribution in [0, 0.1) is 0 Å². The molecule has 3 atom stereocenters. The first-order valence-corrected chi connectivity index (χ1v) is 10.2. The highest BCUT2D eigenvalue weighted by atomic mass is 32.2. The van der Waals surface area contributed by atoms with Gasteiger partial charge in [0, 0.05) is 18.8 Å². The molecule has 142 valence electrons. The number of benzene rings is 2. The SMILES string of the molecule is COc1ccc(CC[C@H](C)NC[C@@H](O)c2ccc(O)c([S@@](C)=O)c2)cc1. The Balaban J connectivity index is 1.83. The first-order valence-electron chi connectivity index (χ1n) is 8.61. The Kier molecular flexibility index (Phi) is 7.63. The molecule has 0 radical (unpaired) electrons. The van der Waals surface area contributed by atoms with Crippen LogP contribution in [0.4, 0.5) is 0 Å². The van der Waals surface area contributed by atoms with E-state index < -0.39 is 16.9 Å². The Hall–Kier alpha value is -1.89. The maximum Gasteiger partial charge on any atom is 0.131 e. The smallest absolute Gasteiger partial charge is 0.131 e. The van der Waals surface area contributed by atoms with Crippen LogP contribution in [-0.4, -0.2) is 40.4 Å². The maximum atomic E-state index is 11.6. The number of aromatic hydroxyl groups is 1. The van der Waals surface area contributed by atoms with Crippen molar-refractivity contribution in [3.05, 3.63) is 53.6 Å². The van der Waals surface area contributed by atoms with E-state index in [-0.39, 0.29) is 11.8 Å². The monoisotopic (exact) mass is 377 g/mol. The fourth-order valence-electron chi connectivity index (χ4n) is 2.68. The summed E-state index contributed by atoms with van der Waals surface area (Å²) in [5, 5.41) is 23.4. The lowest BCUT2D eigenvalue weighted by atomic mass is 10.1. The molecule has 0 fully saturated rings. The minimum atomic E-state index is -1.30. The average molecular weight is 378 g/mol. The number of ether oxygens (including phenoxy) is 1. The van der Waals surface area contributed by atoms with Gasteiger partial charge in [-0.15, -0.1) is 0 Å². The van der Waals surface area contributed by atoms with Gasteiger partial charge in [-0.25, -0.2) is 0 Å². The second kappa shape index (κ2) is 9.71. The minimum Gasteiger partial charge on any atom is -0.507 e. The van der Waals surface area contributed by atoms with E-state index in [0.29, 0.717) is 17.0 Å². The largest absolute Gasteiger partial charge is 0.507 e. The summed E-state index contributed by atoms with van der Waals surface area (Å²) in [7, 11) is 0.357. The fraction of sp³-hybridized carbons (Fsp3) is 0.400. The summed E-state index contributed by atoms with van der Waals surface area (Å²) in [6, 6.07) is 13.0. The molecular formula is C20H27NO4S. The number of methoxy groups -OCH3 is 1. The summed E-state index contributed by atoms with van der Waals surface area (Å²) in [4.78, 5) is 0.342. The third-order valence-electron chi connectivity index (χ3n) is 4.36. The van der Waals surface area contributed by atoms with E-state index in [1.165, 1.54) is 17.9 Å². The lowest BCUT2D eigenvalue weighted by Gasteiger charge is -2.18. The molecule has 0 heterocycles. The Labute approximate surface area is 157 Å². The van der Waals surface area contributed by atoms with Gasteiger partial charge in [-0.3, -0.25) is 4.21 Å². The van der Waals surface area contributed by atoms with Gasteiger partial charge in [-0.05, 0) is 55.2 Å². The highest BCUT2D eigenvalue weighted by Crippen LogP contribution is 2.24. The molecular weight excluding hydrogens is 350 g/mol. The Morgan fingerprint density at radius 2 is 1.88 bits per heavy atom. The molecule has 0 spiro atoms. The van der Waals surface area contributed by atoms with Crippen molar-refractivity contribution in [1.29, 1.82) is 0 Å². The molecule has 26 heavy (non-hydrogen) atoms. The van der Waals surface area contributed by atoms with Gasteiger partial charge in [0.15, 0.2) is 0 Å². The zero-order valence-corrected chi connectivity index (χ0v) is 16.3. The number of hydrogen-bond donors (Lipinski definition) is 3. The molecule has 3 N–H and O–H groups in total. The molecule has 0 amide bonds. The van der Waals surface area contributed by atoms with Crippen LogP contribution >= 0.6 is 0 Å². The second-order valence-corrected chi connectivity index (χ2v) is 7.74. The van der Waals surface area contributed by atoms with Gasteiger partial charge in [-0.1, -0.05) is 18.2 Å². The van der Waals surface area contributed by atoms with Crippen LogP contribution in [0.5, 0.6) is 11.5 Å². The number of aliphatic hydroxyl groups excluding tert-OH is 1. The van der Waals surface area contributed by atoms with Crippen molar-refractivity contribution < 1.29 is 19.2 Å². The normalized spacial score (nSPS) is 14.6. The Bertz CT molecular complexity index is 733. The van der Waals surface area contributed by atoms with Crippen LogP contribution in [0.25, 0.3) is 0 Å². The highest BCUT2D eigenvalue weighted by Gasteiger charge is 2.13. The molecule has 0 saturated carbocycles. The van der Waals surface area contributed by atoms with Crippen molar-refractivity contribution in [2.45, 2.75) is 36.8 Å². The number of rotatable bonds is 9. The molecule has 6 heteroatoms. The average Bonchev–Trinajstić information content (AvgIpc) is 2.64. The van der Waals surface area contributed by atoms with Crippen molar-refractivity contribution in [1.82, 2.24) is 5.32 Å². The van der Waals surface area contributed by atoms with Crippen molar-refractivity contribution in [3.8, 4) is 11.5 Å². The first kappa shape index (κ1) is 20.4. The van der Waals surface area contributed by atoms with Crippen molar-refractivity contribution >= 4 is 10.8 Å². The summed E-state index contributed by atoms with van der Waals surface area (Å²) < 4.78 is 16.8. The Morgan fingerprint density at radius 3 is 2.50 bits per heavy atom. The summed E-state index contributed by atoms with van der Waals surface area (Å²) in [6.07, 6.45) is 2.66. The minimum absolute atomic E-state index is 0.0115. The standard InChI is InChI=1S/C20H27NO4S/c1-14(4-5-15-6-9-17(25-2)10-7-15)21-13-19(23)16-8-11-18(22)20(12-16)26(3)24/h6-12,14,19,21-23H,4-5,13H2,1-3H3/t14-,19+,26+/m0/s1. The van der Waals surface area contributed by atoms with Crippen LogP contribution in [0.15, 0.2) is 47.4 Å². The molecule has 0 aliphatic rings. The molecule has 0 saturated heterocycles. The number of nitrogens with one attached hydrogen (secondary N) is 1. The van der Waals surface area contributed by atoms with Gasteiger partial charge >= 0.3 is 0 Å². The maximum absolute atomic E-state index is 11.6. The van der Waals surface area contributed by atoms with E-state index in [4.69, 9.17) is 4.74 Å². The predicted octanol–water partition coefficient (Wildman–Crippen LogP) is 2.78. The number of aliphatic hydroxyl groups is 1. The fourth-order valence-corrected chi connectivity index (χ4v) is 3.34. The number of hydrogen-bond acceptors (Lipinski definition) is 5. The summed E-state index contributed by atoms with van der Waals surface area (Å²) in [5.74, 6) is 0.840. The van der Waals surface area contributed by atoms with E-state index in [0.717, 1.165) is 18.6 Å². The van der Waals surface area contributed by atoms with Crippen LogP contribution in [0.1, 0.15) is 30.6 Å². The lowest BCUT2D eigenvalue weighted by Crippen LogP contribution is -2.30. The van der Waals surface area contributed by atoms with Gasteiger partial charge in [0.05, 0.1) is 28.9 Å². The van der Waals surface area contributed by atoms with E-state index >= 15 is 0 Å². The summed E-state index contributed by atoms with van der Waals surface area (Å²) in [6.45, 7) is 2.48. The molecule has 0 aromatic heterocycles. The molecule has 2 aromatic carbocycles. The van der Waals surface area contributed by atoms with Crippen LogP contribution in [0.3, 0.4) is 0 Å². The zero-order chi connectivity index (χ0) is 19.1. The van der Waals surface area contributed by atoms with Crippen LogP contribution < -0.4 is 10.1 Å². The van der Waals surface area contributed by atoms with Gasteiger partial charge in [0.2, 0.25) is 0 Å². The topological polar surface area (TPSA) is 78.8 Å². The van der Waals surface area contributed by atoms with Crippen molar-refractivity contribution in [2.24, 2.45) is 0 Å². The quantitative estimate of drug-likeness (QED) is 0.626. The molecule has 5 nitrogen and oxygen atoms in total. The number of phenols is 1. The van der Waals surface area contributed by atoms with Crippen molar-refractivity contribution in [3.63, 3.8) is 0 Å². The lowest BCUT2D eigenvalue weighted by molar-refractivity contribution is 0.169. The van der Waals surface area contributed by atoms with E-state index in [1.54, 1.807) is 19.2 Å². The second-order valence-electron chi connectivity index (χ2n) is 6.39. The van der Waals surface area contributed by atoms with E-state index in [9.17, 15) is 14.4 Å². The van der Waals surface area contributed by atoms with Gasteiger partial charge < -0.3 is 20.3 Å². The molecule has 2 rings (SSSR count). The van der Waals surface area contributed by atoms with Gasteiger partial charge in [0.1, 0.15) is 11.5 Å². The molecule has 0 bridgehead atoms. The van der Waals surface area contributed by atoms with Crippen LogP contribution in [0.2, 0.25) is 0 Å². The number of aryl methyl sites for hydroxylation is 1. The first-order chi connectivity index (χ1) is 12.4. The van der Waals surface area contributed by atoms with Crippen molar-refractivity contribution in [2.75, 3.05) is 19.9 Å². The molecule has 0 unspecified atom stereocenters. The van der Waals surface area contributed by atoms with Gasteiger partial charge in [-0.2, -0.15) is 0 Å². The predicted molar refractivity (Wildman–Crippen MR) is 104 cm³/mol. The number of phenolic OH excluding ortho intramolecular Hbond substituents is 1. The van der Waals surface area contributed by atoms with Gasteiger partial charge in [0.25, 0.3) is 0 Å². The third-order valence-corrected chi connectivity index (χ3v) is 5.31. The third kappa shape index (κ3) is 5.83. The van der Waals surface area contributed by atoms with E-state index in [2.05, 4.69) is 24.4 Å². The molecule has 2 aromatic rings. The summed E-state index contributed by atoms with van der Waals surface area (Å²) >= 11 is 0. The summed E-state index contributed by atoms with van der Waals surface area (Å²) in [5.41, 5.74) is 1.89. The Morgan fingerprint density at radius 1 is 1.19 bits per heavy atom. The molecule has 0 aliphatic carbocycles. The van der Waals surface area contributed by atoms with Crippen LogP contribution in [-0.2, 0) is 17.2 Å². The van der Waals surface area contributed by atoms with E-state index in [1.807, 2.05) is 12.1 Å².